The molecule has 0 saturated carbocycles. The van der Waals surface area contributed by atoms with Crippen LogP contribution in [0.25, 0.3) is 0 Å². The molecule has 0 aliphatic heterocycles. The molecule has 20 heavy (non-hydrogen) atoms. The third-order valence-corrected chi connectivity index (χ3v) is 3.84. The lowest BCUT2D eigenvalue weighted by Crippen LogP contribution is -2.10. The number of aryl methyl sites for hydroxylation is 2. The monoisotopic (exact) mass is 267 g/mol. The molecule has 106 valence electrons. The van der Waals surface area contributed by atoms with Crippen molar-refractivity contribution in [1.82, 2.24) is 0 Å². The highest BCUT2D eigenvalue weighted by Crippen LogP contribution is 2.27. The zero-order valence-corrected chi connectivity index (χ0v) is 13.5. The fourth-order valence-corrected chi connectivity index (χ4v) is 2.38. The van der Waals surface area contributed by atoms with Crippen molar-refractivity contribution in [3.63, 3.8) is 0 Å². The van der Waals surface area contributed by atoms with Gasteiger partial charge in [0.15, 0.2) is 0 Å². The Bertz CT molecular complexity index is 601. The van der Waals surface area contributed by atoms with Crippen LogP contribution in [0.5, 0.6) is 0 Å². The number of hydrogen-bond acceptors (Lipinski definition) is 1. The third-order valence-electron chi connectivity index (χ3n) is 3.84. The molecule has 0 aliphatic carbocycles. The van der Waals surface area contributed by atoms with Crippen LogP contribution in [0.4, 0.5) is 11.4 Å². The van der Waals surface area contributed by atoms with Gasteiger partial charge in [0.05, 0.1) is 0 Å². The van der Waals surface area contributed by atoms with Gasteiger partial charge in [-0.05, 0) is 66.6 Å². The molecule has 0 aromatic heterocycles. The molecule has 0 atom stereocenters. The van der Waals surface area contributed by atoms with Gasteiger partial charge in [-0.2, -0.15) is 0 Å². The summed E-state index contributed by atoms with van der Waals surface area (Å²) < 4.78 is 0. The summed E-state index contributed by atoms with van der Waals surface area (Å²) in [5.74, 6) is 0. The van der Waals surface area contributed by atoms with E-state index in [0.717, 1.165) is 5.69 Å². The summed E-state index contributed by atoms with van der Waals surface area (Å²) in [4.78, 5) is 0. The average Bonchev–Trinajstić information content (AvgIpc) is 2.35. The number of rotatable bonds is 2. The van der Waals surface area contributed by atoms with Gasteiger partial charge in [0.1, 0.15) is 0 Å². The van der Waals surface area contributed by atoms with Crippen LogP contribution < -0.4 is 5.32 Å². The second-order valence-corrected chi connectivity index (χ2v) is 6.71. The Kier molecular flexibility index (Phi) is 3.89. The molecule has 0 heterocycles. The second-order valence-electron chi connectivity index (χ2n) is 6.71. The minimum atomic E-state index is 0.203. The molecule has 1 N–H and O–H groups in total. The van der Waals surface area contributed by atoms with Crippen molar-refractivity contribution in [1.29, 1.82) is 0 Å². The first-order chi connectivity index (χ1) is 9.27. The Balaban J connectivity index is 2.27. The number of benzene rings is 2. The predicted octanol–water partition coefficient (Wildman–Crippen LogP) is 5.65. The Morgan fingerprint density at radius 2 is 1.45 bits per heavy atom. The molecule has 1 heteroatoms. The maximum Gasteiger partial charge on any atom is 0.0419 e. The zero-order chi connectivity index (χ0) is 14.9. The third kappa shape index (κ3) is 3.22. The van der Waals surface area contributed by atoms with Gasteiger partial charge in [-0.3, -0.25) is 0 Å². The van der Waals surface area contributed by atoms with Crippen molar-refractivity contribution in [2.45, 2.75) is 47.0 Å². The molecule has 0 saturated heterocycles. The summed E-state index contributed by atoms with van der Waals surface area (Å²) in [6, 6.07) is 13.2. The van der Waals surface area contributed by atoms with Gasteiger partial charge in [-0.15, -0.1) is 0 Å². The van der Waals surface area contributed by atoms with Crippen LogP contribution in [0.2, 0.25) is 0 Å². The van der Waals surface area contributed by atoms with Crippen molar-refractivity contribution >= 4 is 11.4 Å². The van der Waals surface area contributed by atoms with Crippen LogP contribution in [-0.4, -0.2) is 0 Å². The highest BCUT2D eigenvalue weighted by molar-refractivity contribution is 5.65. The van der Waals surface area contributed by atoms with Gasteiger partial charge in [0, 0.05) is 11.4 Å². The molecular weight excluding hydrogens is 242 g/mol. The summed E-state index contributed by atoms with van der Waals surface area (Å²) in [6.45, 7) is 13.2. The van der Waals surface area contributed by atoms with E-state index in [1.807, 2.05) is 0 Å². The Morgan fingerprint density at radius 3 is 2.00 bits per heavy atom. The lowest BCUT2D eigenvalue weighted by molar-refractivity contribution is 0.590. The van der Waals surface area contributed by atoms with Crippen LogP contribution >= 0.6 is 0 Å². The number of nitrogens with one attached hydrogen (secondary N) is 1. The van der Waals surface area contributed by atoms with E-state index in [1.54, 1.807) is 0 Å². The van der Waals surface area contributed by atoms with Crippen molar-refractivity contribution in [2.24, 2.45) is 0 Å². The Labute approximate surface area is 123 Å². The van der Waals surface area contributed by atoms with Crippen molar-refractivity contribution in [3.05, 3.63) is 58.7 Å². The van der Waals surface area contributed by atoms with E-state index in [9.17, 15) is 0 Å². The van der Waals surface area contributed by atoms with Crippen LogP contribution in [-0.2, 0) is 5.41 Å². The van der Waals surface area contributed by atoms with Gasteiger partial charge in [0.2, 0.25) is 0 Å². The van der Waals surface area contributed by atoms with Crippen LogP contribution in [0, 0.1) is 20.8 Å². The van der Waals surface area contributed by atoms with Gasteiger partial charge in [0.25, 0.3) is 0 Å². The van der Waals surface area contributed by atoms with Gasteiger partial charge < -0.3 is 5.32 Å². The molecule has 2 aromatic rings. The molecule has 0 fully saturated rings. The predicted molar refractivity (Wildman–Crippen MR) is 89.1 cm³/mol. The summed E-state index contributed by atoms with van der Waals surface area (Å²) >= 11 is 0. The molecule has 0 bridgehead atoms. The fraction of sp³-hybridized carbons (Fsp3) is 0.368. The summed E-state index contributed by atoms with van der Waals surface area (Å²) in [7, 11) is 0. The van der Waals surface area contributed by atoms with E-state index in [-0.39, 0.29) is 5.41 Å². The summed E-state index contributed by atoms with van der Waals surface area (Å²) in [5, 5.41) is 3.53. The highest BCUT2D eigenvalue weighted by atomic mass is 14.9. The Hall–Kier alpha value is -1.76. The van der Waals surface area contributed by atoms with E-state index in [1.165, 1.54) is 27.9 Å². The highest BCUT2D eigenvalue weighted by Gasteiger charge is 2.13. The average molecular weight is 267 g/mol. The number of anilines is 2. The topological polar surface area (TPSA) is 12.0 Å². The SMILES string of the molecule is Cc1cc(C)c(C)c(Nc2ccc(C(C)(C)C)cc2)c1. The Morgan fingerprint density at radius 1 is 0.850 bits per heavy atom. The molecule has 0 spiro atoms. The van der Waals surface area contributed by atoms with Crippen molar-refractivity contribution < 1.29 is 0 Å². The second kappa shape index (κ2) is 5.32. The van der Waals surface area contributed by atoms with E-state index >= 15 is 0 Å². The minimum Gasteiger partial charge on any atom is -0.355 e. The maximum absolute atomic E-state index is 3.53. The molecule has 1 nitrogen and oxygen atoms in total. The van der Waals surface area contributed by atoms with Crippen molar-refractivity contribution in [3.8, 4) is 0 Å². The smallest absolute Gasteiger partial charge is 0.0419 e. The standard InChI is InChI=1S/C19H25N/c1-13-11-14(2)15(3)18(12-13)20-17-9-7-16(8-10-17)19(4,5)6/h7-12,20H,1-6H3. The minimum absolute atomic E-state index is 0.203. The number of hydrogen-bond donors (Lipinski definition) is 1. The van der Waals surface area contributed by atoms with Crippen LogP contribution in [0.1, 0.15) is 43.0 Å². The van der Waals surface area contributed by atoms with E-state index in [4.69, 9.17) is 0 Å². The quantitative estimate of drug-likeness (QED) is 0.741. The van der Waals surface area contributed by atoms with E-state index in [2.05, 4.69) is 83.3 Å². The fourth-order valence-electron chi connectivity index (χ4n) is 2.38. The van der Waals surface area contributed by atoms with Crippen molar-refractivity contribution in [2.75, 3.05) is 5.32 Å². The van der Waals surface area contributed by atoms with Crippen LogP contribution in [0.3, 0.4) is 0 Å². The lowest BCUT2D eigenvalue weighted by atomic mass is 9.87. The normalized spacial score (nSPS) is 11.5. The zero-order valence-electron chi connectivity index (χ0n) is 13.5. The maximum atomic E-state index is 3.53. The first kappa shape index (κ1) is 14.6. The van der Waals surface area contributed by atoms with Crippen LogP contribution in [0.15, 0.2) is 36.4 Å². The first-order valence-electron chi connectivity index (χ1n) is 7.23. The summed E-state index contributed by atoms with van der Waals surface area (Å²) in [6.07, 6.45) is 0. The lowest BCUT2D eigenvalue weighted by Gasteiger charge is -2.20. The largest absolute Gasteiger partial charge is 0.355 e. The molecule has 0 aliphatic rings. The van der Waals surface area contributed by atoms with Gasteiger partial charge in [-0.25, -0.2) is 0 Å². The van der Waals surface area contributed by atoms with Gasteiger partial charge in [-0.1, -0.05) is 39.0 Å². The molecule has 0 radical (unpaired) electrons. The molecular formula is C19H25N. The van der Waals surface area contributed by atoms with E-state index in [0.29, 0.717) is 0 Å². The molecule has 2 aromatic carbocycles. The molecule has 0 unspecified atom stereocenters. The molecule has 2 rings (SSSR count). The molecule has 0 amide bonds. The van der Waals surface area contributed by atoms with Gasteiger partial charge >= 0.3 is 0 Å². The first-order valence-corrected chi connectivity index (χ1v) is 7.23. The summed E-state index contributed by atoms with van der Waals surface area (Å²) in [5.41, 5.74) is 7.85. The van der Waals surface area contributed by atoms with E-state index < -0.39 is 0 Å².